The fraction of sp³-hybridized carbons (Fsp3) is 0.429. The van der Waals surface area contributed by atoms with E-state index >= 15 is 0 Å². The largest absolute Gasteiger partial charge is 0.394 e. The van der Waals surface area contributed by atoms with Crippen molar-refractivity contribution in [2.75, 3.05) is 23.4 Å². The van der Waals surface area contributed by atoms with Gasteiger partial charge in [0, 0.05) is 0 Å². The van der Waals surface area contributed by atoms with Crippen LogP contribution in [0.4, 0.5) is 11.4 Å². The maximum absolute atomic E-state index is 12.0. The number of rotatable bonds is 5. The van der Waals surface area contributed by atoms with Gasteiger partial charge in [0.25, 0.3) is 0 Å². The maximum atomic E-state index is 12.0. The Kier molecular flexibility index (Phi) is 4.27. The first kappa shape index (κ1) is 13.7. The standard InChI is InChI=1S/C14H20N3O2/c1-10(2)12(8-18)16-14(19)7-17-9-15-11-5-3-4-6-13(11)17/h3-6,9-10,12,15,18H,7-8H2,1-2H3,(H,16,19)/t12-/m1/s1. The van der Waals surface area contributed by atoms with Crippen LogP contribution in [0.1, 0.15) is 13.8 Å². The summed E-state index contributed by atoms with van der Waals surface area (Å²) in [5.41, 5.74) is 1.99. The average Bonchev–Trinajstić information content (AvgIpc) is 2.79. The van der Waals surface area contributed by atoms with Crippen molar-refractivity contribution >= 4 is 17.3 Å². The summed E-state index contributed by atoms with van der Waals surface area (Å²) in [4.78, 5) is 13.8. The van der Waals surface area contributed by atoms with Crippen LogP contribution in [-0.4, -0.2) is 30.2 Å². The van der Waals surface area contributed by atoms with Crippen LogP contribution in [0.25, 0.3) is 0 Å². The Bertz CT molecular complexity index is 448. The molecule has 0 saturated heterocycles. The van der Waals surface area contributed by atoms with Crippen molar-refractivity contribution in [2.45, 2.75) is 19.9 Å². The summed E-state index contributed by atoms with van der Waals surface area (Å²) in [6, 6.07) is 7.62. The minimum Gasteiger partial charge on any atom is -0.394 e. The highest BCUT2D eigenvalue weighted by atomic mass is 16.3. The number of para-hydroxylation sites is 2. The molecule has 19 heavy (non-hydrogen) atoms. The second kappa shape index (κ2) is 5.93. The summed E-state index contributed by atoms with van der Waals surface area (Å²) in [6.45, 7) is 5.93. The molecule has 1 aromatic rings. The van der Waals surface area contributed by atoms with E-state index in [1.807, 2.05) is 43.0 Å². The SMILES string of the molecule is CC(C)[C@@H](CO)NC(=O)CN1[CH]Nc2ccccc21. The van der Waals surface area contributed by atoms with E-state index in [0.29, 0.717) is 0 Å². The van der Waals surface area contributed by atoms with Crippen LogP contribution in [0, 0.1) is 12.6 Å². The van der Waals surface area contributed by atoms with Crippen LogP contribution in [0.15, 0.2) is 24.3 Å². The number of fused-ring (bicyclic) bond motifs is 1. The van der Waals surface area contributed by atoms with Crippen LogP contribution < -0.4 is 15.5 Å². The molecular weight excluding hydrogens is 242 g/mol. The molecule has 0 saturated carbocycles. The summed E-state index contributed by atoms with van der Waals surface area (Å²) in [5, 5.41) is 15.2. The molecular formula is C14H20N3O2. The highest BCUT2D eigenvalue weighted by Gasteiger charge is 2.22. The van der Waals surface area contributed by atoms with Crippen LogP contribution >= 0.6 is 0 Å². The van der Waals surface area contributed by atoms with Crippen LogP contribution in [0.3, 0.4) is 0 Å². The van der Waals surface area contributed by atoms with E-state index in [1.165, 1.54) is 0 Å². The monoisotopic (exact) mass is 262 g/mol. The predicted molar refractivity (Wildman–Crippen MR) is 75.6 cm³/mol. The minimum absolute atomic E-state index is 0.0397. The van der Waals surface area contributed by atoms with Crippen molar-refractivity contribution in [1.82, 2.24) is 5.32 Å². The molecule has 1 atom stereocenters. The lowest BCUT2D eigenvalue weighted by molar-refractivity contribution is -0.121. The summed E-state index contributed by atoms with van der Waals surface area (Å²) in [6.07, 6.45) is 0. The normalized spacial score (nSPS) is 15.1. The van der Waals surface area contributed by atoms with Gasteiger partial charge in [-0.15, -0.1) is 0 Å². The van der Waals surface area contributed by atoms with E-state index in [-0.39, 0.29) is 31.0 Å². The lowest BCUT2D eigenvalue weighted by Gasteiger charge is -2.22. The van der Waals surface area contributed by atoms with Gasteiger partial charge >= 0.3 is 0 Å². The van der Waals surface area contributed by atoms with Crippen molar-refractivity contribution in [3.63, 3.8) is 0 Å². The molecule has 0 fully saturated rings. The van der Waals surface area contributed by atoms with Crippen LogP contribution in [0.2, 0.25) is 0 Å². The van der Waals surface area contributed by atoms with E-state index in [1.54, 1.807) is 6.67 Å². The quantitative estimate of drug-likeness (QED) is 0.745. The average molecular weight is 262 g/mol. The molecule has 1 radical (unpaired) electrons. The summed E-state index contributed by atoms with van der Waals surface area (Å²) >= 11 is 0. The number of hydrogen-bond donors (Lipinski definition) is 3. The van der Waals surface area contributed by atoms with Gasteiger partial charge in [-0.25, -0.2) is 0 Å². The summed E-state index contributed by atoms with van der Waals surface area (Å²) < 4.78 is 0. The molecule has 5 nitrogen and oxygen atoms in total. The zero-order valence-electron chi connectivity index (χ0n) is 11.3. The third-order valence-electron chi connectivity index (χ3n) is 3.25. The molecule has 1 heterocycles. The lowest BCUT2D eigenvalue weighted by atomic mass is 10.1. The van der Waals surface area contributed by atoms with E-state index in [9.17, 15) is 9.90 Å². The molecule has 3 N–H and O–H groups in total. The molecule has 2 rings (SSSR count). The van der Waals surface area contributed by atoms with E-state index in [0.717, 1.165) is 11.4 Å². The Morgan fingerprint density at radius 1 is 1.42 bits per heavy atom. The molecule has 0 spiro atoms. The molecule has 1 amide bonds. The zero-order chi connectivity index (χ0) is 13.8. The highest BCUT2D eigenvalue weighted by molar-refractivity contribution is 5.86. The van der Waals surface area contributed by atoms with Gasteiger partial charge in [0.05, 0.1) is 30.6 Å². The van der Waals surface area contributed by atoms with Gasteiger partial charge in [-0.3, -0.25) is 4.79 Å². The van der Waals surface area contributed by atoms with E-state index in [4.69, 9.17) is 0 Å². The van der Waals surface area contributed by atoms with Gasteiger partial charge in [0.15, 0.2) is 0 Å². The molecule has 1 aliphatic rings. The number of nitrogens with zero attached hydrogens (tertiary/aromatic N) is 1. The highest BCUT2D eigenvalue weighted by Crippen LogP contribution is 2.31. The molecule has 1 aromatic carbocycles. The Hall–Kier alpha value is -1.75. The fourth-order valence-electron chi connectivity index (χ4n) is 2.02. The van der Waals surface area contributed by atoms with Gasteiger partial charge in [0.2, 0.25) is 5.91 Å². The van der Waals surface area contributed by atoms with Crippen LogP contribution in [0.5, 0.6) is 0 Å². The first-order chi connectivity index (χ1) is 9.11. The molecule has 0 unspecified atom stereocenters. The smallest absolute Gasteiger partial charge is 0.239 e. The Balaban J connectivity index is 1.94. The summed E-state index contributed by atoms with van der Waals surface area (Å²) in [7, 11) is 0. The Morgan fingerprint density at radius 3 is 2.84 bits per heavy atom. The van der Waals surface area contributed by atoms with Crippen molar-refractivity contribution in [3.8, 4) is 0 Å². The van der Waals surface area contributed by atoms with Crippen LogP contribution in [-0.2, 0) is 4.79 Å². The number of aliphatic hydroxyl groups is 1. The van der Waals surface area contributed by atoms with Gasteiger partial charge in [-0.05, 0) is 18.1 Å². The second-order valence-electron chi connectivity index (χ2n) is 5.02. The number of nitrogens with one attached hydrogen (secondary N) is 2. The minimum atomic E-state index is -0.196. The number of amides is 1. The van der Waals surface area contributed by atoms with E-state index in [2.05, 4.69) is 10.6 Å². The van der Waals surface area contributed by atoms with Crippen molar-refractivity contribution in [2.24, 2.45) is 5.92 Å². The Morgan fingerprint density at radius 2 is 2.16 bits per heavy atom. The molecule has 0 bridgehead atoms. The first-order valence-electron chi connectivity index (χ1n) is 6.47. The van der Waals surface area contributed by atoms with Gasteiger partial charge < -0.3 is 20.6 Å². The predicted octanol–water partition coefficient (Wildman–Crippen LogP) is 1.17. The summed E-state index contributed by atoms with van der Waals surface area (Å²) in [5.74, 6) is 0.115. The number of anilines is 2. The van der Waals surface area contributed by atoms with Gasteiger partial charge in [-0.2, -0.15) is 0 Å². The second-order valence-corrected chi connectivity index (χ2v) is 5.02. The third kappa shape index (κ3) is 3.17. The molecule has 103 valence electrons. The fourth-order valence-corrected chi connectivity index (χ4v) is 2.02. The number of carbonyl (C=O) groups excluding carboxylic acids is 1. The third-order valence-corrected chi connectivity index (χ3v) is 3.25. The maximum Gasteiger partial charge on any atom is 0.239 e. The number of benzene rings is 1. The van der Waals surface area contributed by atoms with E-state index < -0.39 is 0 Å². The number of carbonyl (C=O) groups is 1. The molecule has 1 aliphatic heterocycles. The number of hydrogen-bond acceptors (Lipinski definition) is 4. The molecule has 5 heteroatoms. The first-order valence-corrected chi connectivity index (χ1v) is 6.47. The van der Waals surface area contributed by atoms with Crippen molar-refractivity contribution in [3.05, 3.63) is 30.9 Å². The zero-order valence-corrected chi connectivity index (χ0v) is 11.3. The molecule has 0 aromatic heterocycles. The van der Waals surface area contributed by atoms with Gasteiger partial charge in [-0.1, -0.05) is 26.0 Å². The number of aliphatic hydroxyl groups excluding tert-OH is 1. The topological polar surface area (TPSA) is 64.6 Å². The van der Waals surface area contributed by atoms with Crippen molar-refractivity contribution < 1.29 is 9.90 Å². The molecule has 0 aliphatic carbocycles. The Labute approximate surface area is 113 Å². The van der Waals surface area contributed by atoms with Crippen molar-refractivity contribution in [1.29, 1.82) is 0 Å². The van der Waals surface area contributed by atoms with Gasteiger partial charge in [0.1, 0.15) is 6.67 Å². The lowest BCUT2D eigenvalue weighted by Crippen LogP contribution is -2.45.